The van der Waals surface area contributed by atoms with Crippen LogP contribution in [-0.4, -0.2) is 25.8 Å². The summed E-state index contributed by atoms with van der Waals surface area (Å²) in [5, 5.41) is 0. The molecule has 1 aliphatic heterocycles. The number of aryl methyl sites for hydroxylation is 1. The van der Waals surface area contributed by atoms with E-state index in [2.05, 4.69) is 49.4 Å². The van der Waals surface area contributed by atoms with Crippen molar-refractivity contribution in [3.05, 3.63) is 82.4 Å². The Kier molecular flexibility index (Phi) is 5.58. The van der Waals surface area contributed by atoms with Gasteiger partial charge in [0.2, 0.25) is 0 Å². The van der Waals surface area contributed by atoms with Crippen LogP contribution in [0.2, 0.25) is 0 Å². The van der Waals surface area contributed by atoms with Crippen LogP contribution in [-0.2, 0) is 26.1 Å². The van der Waals surface area contributed by atoms with Crippen LogP contribution in [0.5, 0.6) is 0 Å². The Labute approximate surface area is 155 Å². The van der Waals surface area contributed by atoms with Gasteiger partial charge in [-0.2, -0.15) is 0 Å². The Morgan fingerprint density at radius 3 is 2.46 bits per heavy atom. The monoisotopic (exact) mass is 350 g/mol. The molecule has 3 heteroatoms. The van der Waals surface area contributed by atoms with E-state index < -0.39 is 0 Å². The fourth-order valence-corrected chi connectivity index (χ4v) is 3.49. The third kappa shape index (κ3) is 3.73. The minimum absolute atomic E-state index is 0.0413. The molecule has 0 unspecified atom stereocenters. The number of hydrogen-bond donors (Lipinski definition) is 0. The third-order valence-corrected chi connectivity index (χ3v) is 5.04. The predicted molar refractivity (Wildman–Crippen MR) is 103 cm³/mol. The van der Waals surface area contributed by atoms with Crippen molar-refractivity contribution in [2.45, 2.75) is 32.6 Å². The normalized spacial score (nSPS) is 16.0. The first-order valence-electron chi connectivity index (χ1n) is 9.12. The lowest BCUT2D eigenvalue weighted by molar-refractivity contribution is -0.137. The minimum atomic E-state index is -0.270. The molecule has 26 heavy (non-hydrogen) atoms. The molecule has 0 aromatic heterocycles. The van der Waals surface area contributed by atoms with Crippen molar-refractivity contribution >= 4 is 5.97 Å². The van der Waals surface area contributed by atoms with Crippen LogP contribution < -0.4 is 0 Å². The second kappa shape index (κ2) is 7.88. The number of ether oxygens (including phenoxy) is 2. The van der Waals surface area contributed by atoms with Crippen molar-refractivity contribution in [2.24, 2.45) is 0 Å². The molecule has 0 amide bonds. The fourth-order valence-electron chi connectivity index (χ4n) is 3.49. The highest BCUT2D eigenvalue weighted by Crippen LogP contribution is 2.39. The summed E-state index contributed by atoms with van der Waals surface area (Å²) in [6.45, 7) is 7.76. The fraction of sp³-hybridized carbons (Fsp3) is 0.348. The molecule has 0 spiro atoms. The van der Waals surface area contributed by atoms with Crippen LogP contribution in [0.4, 0.5) is 0 Å². The minimum Gasteiger partial charge on any atom is -0.463 e. The standard InChI is InChI=1S/C23H26O3/c1-4-26-22(24)13-17(2)12-19-10-11-21(14-18(19)3)23(15-25-16-23)20-8-6-5-7-9-20/h5-11,13-14H,4,12,15-16H2,1-3H3/b17-13+. The summed E-state index contributed by atoms with van der Waals surface area (Å²) in [6.07, 6.45) is 2.34. The van der Waals surface area contributed by atoms with Gasteiger partial charge in [-0.25, -0.2) is 4.79 Å². The molecular weight excluding hydrogens is 324 g/mol. The molecule has 2 aromatic rings. The zero-order chi connectivity index (χ0) is 18.6. The van der Waals surface area contributed by atoms with E-state index in [1.807, 2.05) is 19.9 Å². The number of rotatable bonds is 6. The highest BCUT2D eigenvalue weighted by molar-refractivity contribution is 5.82. The molecule has 0 radical (unpaired) electrons. The van der Waals surface area contributed by atoms with Gasteiger partial charge in [-0.1, -0.05) is 54.1 Å². The Hall–Kier alpha value is -2.39. The molecule has 1 saturated heterocycles. The maximum atomic E-state index is 11.6. The number of esters is 1. The van der Waals surface area contributed by atoms with Crippen LogP contribution in [0.3, 0.4) is 0 Å². The molecule has 1 aliphatic rings. The van der Waals surface area contributed by atoms with E-state index in [9.17, 15) is 4.79 Å². The zero-order valence-electron chi connectivity index (χ0n) is 15.7. The molecule has 0 saturated carbocycles. The number of benzene rings is 2. The van der Waals surface area contributed by atoms with Crippen molar-refractivity contribution in [3.63, 3.8) is 0 Å². The van der Waals surface area contributed by atoms with Gasteiger partial charge in [0.1, 0.15) is 0 Å². The third-order valence-electron chi connectivity index (χ3n) is 5.04. The quantitative estimate of drug-likeness (QED) is 0.573. The number of hydrogen-bond acceptors (Lipinski definition) is 3. The van der Waals surface area contributed by atoms with Gasteiger partial charge in [-0.15, -0.1) is 0 Å². The summed E-state index contributed by atoms with van der Waals surface area (Å²) in [7, 11) is 0. The highest BCUT2D eigenvalue weighted by atomic mass is 16.5. The highest BCUT2D eigenvalue weighted by Gasteiger charge is 2.42. The Morgan fingerprint density at radius 2 is 1.88 bits per heavy atom. The Balaban J connectivity index is 1.83. The predicted octanol–water partition coefficient (Wildman–Crippen LogP) is 4.36. The van der Waals surface area contributed by atoms with E-state index in [0.717, 1.165) is 25.2 Å². The van der Waals surface area contributed by atoms with Gasteiger partial charge in [0.05, 0.1) is 25.2 Å². The van der Waals surface area contributed by atoms with Crippen molar-refractivity contribution < 1.29 is 14.3 Å². The first-order valence-corrected chi connectivity index (χ1v) is 9.12. The van der Waals surface area contributed by atoms with Gasteiger partial charge in [-0.3, -0.25) is 0 Å². The first kappa shape index (κ1) is 18.4. The summed E-state index contributed by atoms with van der Waals surface area (Å²) >= 11 is 0. The van der Waals surface area contributed by atoms with Gasteiger partial charge in [-0.05, 0) is 49.4 Å². The molecule has 0 N–H and O–H groups in total. The van der Waals surface area contributed by atoms with Crippen LogP contribution in [0, 0.1) is 6.92 Å². The van der Waals surface area contributed by atoms with E-state index in [0.29, 0.717) is 6.61 Å². The number of carbonyl (C=O) groups excluding carboxylic acids is 1. The Morgan fingerprint density at radius 1 is 1.15 bits per heavy atom. The molecular formula is C23H26O3. The molecule has 136 valence electrons. The van der Waals surface area contributed by atoms with Crippen molar-refractivity contribution in [3.8, 4) is 0 Å². The van der Waals surface area contributed by atoms with Crippen LogP contribution in [0.25, 0.3) is 0 Å². The molecule has 0 bridgehead atoms. The average Bonchev–Trinajstić information content (AvgIpc) is 2.57. The smallest absolute Gasteiger partial charge is 0.330 e. The zero-order valence-corrected chi connectivity index (χ0v) is 15.7. The largest absolute Gasteiger partial charge is 0.463 e. The maximum Gasteiger partial charge on any atom is 0.330 e. The van der Waals surface area contributed by atoms with Crippen LogP contribution in [0.1, 0.15) is 36.1 Å². The van der Waals surface area contributed by atoms with Crippen LogP contribution >= 0.6 is 0 Å². The summed E-state index contributed by atoms with van der Waals surface area (Å²) in [5.41, 5.74) is 6.03. The molecule has 0 aliphatic carbocycles. The molecule has 0 atom stereocenters. The summed E-state index contributed by atoms with van der Waals surface area (Å²) < 4.78 is 10.6. The van der Waals surface area contributed by atoms with E-state index in [1.54, 1.807) is 6.08 Å². The SMILES string of the molecule is CCOC(=O)/C=C(\C)Cc1ccc(C2(c3ccccc3)COC2)cc1C. The molecule has 3 nitrogen and oxygen atoms in total. The van der Waals surface area contributed by atoms with Gasteiger partial charge in [0.25, 0.3) is 0 Å². The lowest BCUT2D eigenvalue weighted by Crippen LogP contribution is -2.47. The molecule has 1 heterocycles. The number of carbonyl (C=O) groups is 1. The topological polar surface area (TPSA) is 35.5 Å². The van der Waals surface area contributed by atoms with Crippen molar-refractivity contribution in [2.75, 3.05) is 19.8 Å². The van der Waals surface area contributed by atoms with Gasteiger partial charge in [0.15, 0.2) is 0 Å². The lowest BCUT2D eigenvalue weighted by atomic mass is 9.72. The first-order chi connectivity index (χ1) is 12.5. The van der Waals surface area contributed by atoms with E-state index in [-0.39, 0.29) is 11.4 Å². The van der Waals surface area contributed by atoms with Gasteiger partial charge in [0, 0.05) is 6.08 Å². The average molecular weight is 350 g/mol. The maximum absolute atomic E-state index is 11.6. The van der Waals surface area contributed by atoms with E-state index in [1.165, 1.54) is 22.3 Å². The van der Waals surface area contributed by atoms with Gasteiger partial charge < -0.3 is 9.47 Å². The second-order valence-corrected chi connectivity index (χ2v) is 7.00. The van der Waals surface area contributed by atoms with Crippen molar-refractivity contribution in [1.82, 2.24) is 0 Å². The summed E-state index contributed by atoms with van der Waals surface area (Å²) in [5.74, 6) is -0.270. The van der Waals surface area contributed by atoms with Crippen LogP contribution in [0.15, 0.2) is 60.2 Å². The molecule has 3 rings (SSSR count). The molecule has 2 aromatic carbocycles. The van der Waals surface area contributed by atoms with E-state index >= 15 is 0 Å². The summed E-state index contributed by atoms with van der Waals surface area (Å²) in [4.78, 5) is 11.6. The summed E-state index contributed by atoms with van der Waals surface area (Å²) in [6, 6.07) is 17.2. The van der Waals surface area contributed by atoms with Gasteiger partial charge >= 0.3 is 5.97 Å². The lowest BCUT2D eigenvalue weighted by Gasteiger charge is -2.42. The number of allylic oxidation sites excluding steroid dienone is 1. The molecule has 1 fully saturated rings. The second-order valence-electron chi connectivity index (χ2n) is 7.00. The van der Waals surface area contributed by atoms with Crippen molar-refractivity contribution in [1.29, 1.82) is 0 Å². The Bertz CT molecular complexity index is 801. The van der Waals surface area contributed by atoms with E-state index in [4.69, 9.17) is 9.47 Å².